The molecule has 0 amide bonds. The minimum atomic E-state index is -0.202. The average molecular weight is 181 g/mol. The summed E-state index contributed by atoms with van der Waals surface area (Å²) in [4.78, 5) is 0. The molecule has 0 aromatic heterocycles. The Kier molecular flexibility index (Phi) is 2.57. The molecule has 3 heteroatoms. The van der Waals surface area contributed by atoms with Crippen LogP contribution in [-0.4, -0.2) is 19.7 Å². The zero-order valence-corrected chi connectivity index (χ0v) is 7.29. The largest absolute Gasteiger partial charge is 0.371 e. The van der Waals surface area contributed by atoms with Crippen molar-refractivity contribution in [3.8, 4) is 0 Å². The van der Waals surface area contributed by atoms with Crippen LogP contribution in [0.25, 0.3) is 0 Å². The molecule has 1 aliphatic heterocycles. The maximum absolute atomic E-state index is 12.8. The van der Waals surface area contributed by atoms with Crippen LogP contribution >= 0.6 is 0 Å². The molecule has 2 rings (SSSR count). The van der Waals surface area contributed by atoms with Gasteiger partial charge in [0.2, 0.25) is 0 Å². The fourth-order valence-electron chi connectivity index (χ4n) is 1.49. The second-order valence-electron chi connectivity index (χ2n) is 3.12. The van der Waals surface area contributed by atoms with Crippen LogP contribution < -0.4 is 5.32 Å². The summed E-state index contributed by atoms with van der Waals surface area (Å²) < 4.78 is 18.3. The summed E-state index contributed by atoms with van der Waals surface area (Å²) in [6.07, 6.45) is 0.00412. The smallest absolute Gasteiger partial charge is 0.123 e. The standard InChI is InChI=1S/C10H12FNO/c11-9-3-1-2-8(6-9)10-7-12-4-5-13-10/h1-3,6,10,12H,4-5,7H2/t10-/m1/s1. The summed E-state index contributed by atoms with van der Waals surface area (Å²) in [5, 5.41) is 3.21. The first kappa shape index (κ1) is 8.66. The maximum Gasteiger partial charge on any atom is 0.123 e. The van der Waals surface area contributed by atoms with Gasteiger partial charge in [0, 0.05) is 13.1 Å². The molecule has 1 heterocycles. The molecule has 1 atom stereocenters. The van der Waals surface area contributed by atoms with Crippen molar-refractivity contribution >= 4 is 0 Å². The Morgan fingerprint density at radius 2 is 2.38 bits per heavy atom. The molecular weight excluding hydrogens is 169 g/mol. The number of hydrogen-bond donors (Lipinski definition) is 1. The van der Waals surface area contributed by atoms with Crippen LogP contribution in [0, 0.1) is 5.82 Å². The van der Waals surface area contributed by atoms with E-state index in [1.165, 1.54) is 12.1 Å². The Balaban J connectivity index is 2.14. The fraction of sp³-hybridized carbons (Fsp3) is 0.400. The van der Waals surface area contributed by atoms with Gasteiger partial charge in [-0.05, 0) is 17.7 Å². The molecule has 0 aliphatic carbocycles. The van der Waals surface area contributed by atoms with Crippen LogP contribution in [0.2, 0.25) is 0 Å². The van der Waals surface area contributed by atoms with E-state index >= 15 is 0 Å². The molecule has 1 fully saturated rings. The molecule has 1 aromatic rings. The van der Waals surface area contributed by atoms with Gasteiger partial charge in [-0.3, -0.25) is 0 Å². The summed E-state index contributed by atoms with van der Waals surface area (Å²) in [6.45, 7) is 2.34. The van der Waals surface area contributed by atoms with Gasteiger partial charge in [0.05, 0.1) is 12.7 Å². The lowest BCUT2D eigenvalue weighted by atomic mass is 10.1. The second-order valence-corrected chi connectivity index (χ2v) is 3.12. The SMILES string of the molecule is Fc1cccc([C@H]2CNCCO2)c1. The van der Waals surface area contributed by atoms with Gasteiger partial charge in [0.25, 0.3) is 0 Å². The number of hydrogen-bond acceptors (Lipinski definition) is 2. The molecule has 0 unspecified atom stereocenters. The summed E-state index contributed by atoms with van der Waals surface area (Å²) >= 11 is 0. The first-order valence-electron chi connectivity index (χ1n) is 4.44. The normalized spacial score (nSPS) is 23.0. The van der Waals surface area contributed by atoms with E-state index in [2.05, 4.69) is 5.32 Å². The molecule has 1 N–H and O–H groups in total. The van der Waals surface area contributed by atoms with Gasteiger partial charge in [0.15, 0.2) is 0 Å². The van der Waals surface area contributed by atoms with Crippen LogP contribution in [0.3, 0.4) is 0 Å². The van der Waals surface area contributed by atoms with E-state index in [1.807, 2.05) is 6.07 Å². The van der Waals surface area contributed by atoms with Gasteiger partial charge in [-0.2, -0.15) is 0 Å². The zero-order chi connectivity index (χ0) is 9.10. The van der Waals surface area contributed by atoms with E-state index in [0.29, 0.717) is 6.61 Å². The van der Waals surface area contributed by atoms with Gasteiger partial charge < -0.3 is 10.1 Å². The lowest BCUT2D eigenvalue weighted by Gasteiger charge is -2.23. The van der Waals surface area contributed by atoms with Crippen LogP contribution in [0.4, 0.5) is 4.39 Å². The highest BCUT2D eigenvalue weighted by Crippen LogP contribution is 2.18. The monoisotopic (exact) mass is 181 g/mol. The van der Waals surface area contributed by atoms with Crippen LogP contribution in [0.1, 0.15) is 11.7 Å². The van der Waals surface area contributed by atoms with Gasteiger partial charge in [-0.1, -0.05) is 12.1 Å². The van der Waals surface area contributed by atoms with E-state index in [0.717, 1.165) is 18.7 Å². The number of rotatable bonds is 1. The van der Waals surface area contributed by atoms with E-state index < -0.39 is 0 Å². The Morgan fingerprint density at radius 1 is 1.46 bits per heavy atom. The van der Waals surface area contributed by atoms with Gasteiger partial charge >= 0.3 is 0 Å². The lowest BCUT2D eigenvalue weighted by Crippen LogP contribution is -2.33. The molecular formula is C10H12FNO. The van der Waals surface area contributed by atoms with Crippen LogP contribution in [-0.2, 0) is 4.74 Å². The van der Waals surface area contributed by atoms with Crippen molar-refractivity contribution in [1.82, 2.24) is 5.32 Å². The fourth-order valence-corrected chi connectivity index (χ4v) is 1.49. The third kappa shape index (κ3) is 2.05. The Morgan fingerprint density at radius 3 is 3.08 bits per heavy atom. The number of halogens is 1. The third-order valence-electron chi connectivity index (χ3n) is 2.15. The molecule has 13 heavy (non-hydrogen) atoms. The molecule has 0 bridgehead atoms. The van der Waals surface area contributed by atoms with Crippen LogP contribution in [0.5, 0.6) is 0 Å². The highest BCUT2D eigenvalue weighted by atomic mass is 19.1. The van der Waals surface area contributed by atoms with Crippen molar-refractivity contribution in [2.24, 2.45) is 0 Å². The molecule has 1 aromatic carbocycles. The van der Waals surface area contributed by atoms with Crippen LogP contribution in [0.15, 0.2) is 24.3 Å². The first-order valence-corrected chi connectivity index (χ1v) is 4.44. The molecule has 70 valence electrons. The molecule has 2 nitrogen and oxygen atoms in total. The van der Waals surface area contributed by atoms with Crippen molar-refractivity contribution in [1.29, 1.82) is 0 Å². The lowest BCUT2D eigenvalue weighted by molar-refractivity contribution is 0.0275. The maximum atomic E-state index is 12.8. The van der Waals surface area contributed by atoms with E-state index in [1.54, 1.807) is 6.07 Å². The third-order valence-corrected chi connectivity index (χ3v) is 2.15. The Hall–Kier alpha value is -0.930. The minimum Gasteiger partial charge on any atom is -0.371 e. The average Bonchev–Trinajstić information content (AvgIpc) is 2.19. The van der Waals surface area contributed by atoms with Crippen molar-refractivity contribution in [3.63, 3.8) is 0 Å². The number of morpholine rings is 1. The Bertz CT molecular complexity index is 284. The van der Waals surface area contributed by atoms with E-state index in [9.17, 15) is 4.39 Å². The first-order chi connectivity index (χ1) is 6.36. The van der Waals surface area contributed by atoms with Crippen molar-refractivity contribution in [2.45, 2.75) is 6.10 Å². The highest BCUT2D eigenvalue weighted by Gasteiger charge is 2.15. The zero-order valence-electron chi connectivity index (χ0n) is 7.29. The summed E-state index contributed by atoms with van der Waals surface area (Å²) in [5.74, 6) is -0.202. The second kappa shape index (κ2) is 3.85. The van der Waals surface area contributed by atoms with Gasteiger partial charge in [-0.15, -0.1) is 0 Å². The van der Waals surface area contributed by atoms with E-state index in [-0.39, 0.29) is 11.9 Å². The molecule has 0 radical (unpaired) electrons. The Labute approximate surface area is 76.7 Å². The highest BCUT2D eigenvalue weighted by molar-refractivity contribution is 5.19. The summed E-state index contributed by atoms with van der Waals surface area (Å²) in [5.41, 5.74) is 0.909. The minimum absolute atomic E-state index is 0.00412. The molecule has 1 saturated heterocycles. The van der Waals surface area contributed by atoms with Crippen molar-refractivity contribution in [3.05, 3.63) is 35.6 Å². The molecule has 0 spiro atoms. The quantitative estimate of drug-likeness (QED) is 0.708. The number of ether oxygens (including phenoxy) is 1. The summed E-state index contributed by atoms with van der Waals surface area (Å²) in [6, 6.07) is 6.57. The molecule has 0 saturated carbocycles. The van der Waals surface area contributed by atoms with Gasteiger partial charge in [-0.25, -0.2) is 4.39 Å². The van der Waals surface area contributed by atoms with Crippen molar-refractivity contribution in [2.75, 3.05) is 19.7 Å². The van der Waals surface area contributed by atoms with Crippen molar-refractivity contribution < 1.29 is 9.13 Å². The number of nitrogens with one attached hydrogen (secondary N) is 1. The van der Waals surface area contributed by atoms with Gasteiger partial charge in [0.1, 0.15) is 5.82 Å². The predicted molar refractivity (Wildman–Crippen MR) is 48.0 cm³/mol. The predicted octanol–water partition coefficient (Wildman–Crippen LogP) is 1.49. The molecule has 1 aliphatic rings. The number of benzene rings is 1. The van der Waals surface area contributed by atoms with E-state index in [4.69, 9.17) is 4.74 Å². The summed E-state index contributed by atoms with van der Waals surface area (Å²) in [7, 11) is 0. The topological polar surface area (TPSA) is 21.3 Å².